The van der Waals surface area contributed by atoms with Gasteiger partial charge < -0.3 is 4.90 Å². The number of para-hydroxylation sites is 2. The Kier molecular flexibility index (Phi) is 2.98. The monoisotopic (exact) mass is 348 g/mol. The smallest absolute Gasteiger partial charge is 0.303 e. The van der Waals surface area contributed by atoms with Crippen LogP contribution in [0.4, 0.5) is 5.82 Å². The molecule has 0 fully saturated rings. The second-order valence-corrected chi connectivity index (χ2v) is 6.86. The lowest BCUT2D eigenvalue weighted by Crippen LogP contribution is -2.46. The van der Waals surface area contributed by atoms with E-state index >= 15 is 0 Å². The van der Waals surface area contributed by atoms with E-state index in [1.54, 1.807) is 0 Å². The third kappa shape index (κ3) is 1.88. The van der Waals surface area contributed by atoms with E-state index in [4.69, 9.17) is 4.98 Å². The van der Waals surface area contributed by atoms with Crippen LogP contribution in [0.15, 0.2) is 55.1 Å². The lowest BCUT2D eigenvalue weighted by molar-refractivity contribution is -0.733. The van der Waals surface area contributed by atoms with Crippen LogP contribution in [0.1, 0.15) is 6.92 Å². The van der Waals surface area contributed by atoms with Crippen molar-refractivity contribution in [2.45, 2.75) is 13.1 Å². The highest BCUT2D eigenvalue weighted by Gasteiger charge is 2.31. The largest absolute Gasteiger partial charge is 0.339 e. The predicted molar refractivity (Wildman–Crippen MR) is 101 cm³/mol. The highest BCUT2D eigenvalue weighted by Crippen LogP contribution is 2.23. The minimum atomic E-state index is 0.298. The van der Waals surface area contributed by atoms with E-state index in [1.165, 1.54) is 0 Å². The van der Waals surface area contributed by atoms with Gasteiger partial charge in [-0.05, 0) is 19.1 Å². The summed E-state index contributed by atoms with van der Waals surface area (Å²) in [7, 11) is 6.24. The quantitative estimate of drug-likeness (QED) is 0.520. The summed E-state index contributed by atoms with van der Waals surface area (Å²) in [5.74, 6) is 3.14. The van der Waals surface area contributed by atoms with Gasteiger partial charge in [-0.15, -0.1) is 0 Å². The molecule has 132 valence electrons. The van der Waals surface area contributed by atoms with Crippen molar-refractivity contribution in [1.29, 1.82) is 0 Å². The van der Waals surface area contributed by atoms with Gasteiger partial charge in [-0.2, -0.15) is 9.36 Å². The molecule has 26 heavy (non-hydrogen) atoms. The molecule has 1 aromatic carbocycles. The van der Waals surface area contributed by atoms with Crippen LogP contribution in [-0.2, 0) is 14.1 Å². The second kappa shape index (κ2) is 5.14. The summed E-state index contributed by atoms with van der Waals surface area (Å²) in [4.78, 5) is 9.23. The van der Waals surface area contributed by atoms with Gasteiger partial charge in [-0.1, -0.05) is 12.1 Å². The highest BCUT2D eigenvalue weighted by molar-refractivity contribution is 5.80. The standard InChI is InChI=1S/C19H22N7/c1-14-21(2)11-12-24(14)17-9-10-26(23(17)4)18-13-25-16-8-6-5-7-15(16)20-19(25)22(18)3/h5-14H,1-4H3/q+1/t14-/m0/s1. The normalized spacial score (nSPS) is 17.3. The zero-order valence-electron chi connectivity index (χ0n) is 15.4. The zero-order valence-corrected chi connectivity index (χ0v) is 15.4. The van der Waals surface area contributed by atoms with Crippen molar-refractivity contribution in [1.82, 2.24) is 23.5 Å². The lowest BCUT2D eigenvalue weighted by Gasteiger charge is -2.20. The molecule has 0 saturated heterocycles. The van der Waals surface area contributed by atoms with E-state index in [-0.39, 0.29) is 0 Å². The van der Waals surface area contributed by atoms with Crippen LogP contribution in [-0.4, -0.2) is 36.7 Å². The number of hydrogen-bond donors (Lipinski definition) is 0. The van der Waals surface area contributed by atoms with Crippen molar-refractivity contribution in [3.05, 3.63) is 55.1 Å². The molecule has 7 nitrogen and oxygen atoms in total. The molecule has 4 heterocycles. The van der Waals surface area contributed by atoms with Gasteiger partial charge in [-0.25, -0.2) is 9.88 Å². The van der Waals surface area contributed by atoms with Crippen LogP contribution in [0.25, 0.3) is 22.6 Å². The average Bonchev–Trinajstić information content (AvgIpc) is 3.35. The molecular weight excluding hydrogens is 326 g/mol. The highest BCUT2D eigenvalue weighted by atomic mass is 15.5. The number of aromatic nitrogens is 5. The Labute approximate surface area is 151 Å². The molecule has 0 bridgehead atoms. The molecule has 0 saturated carbocycles. The number of benzene rings is 1. The van der Waals surface area contributed by atoms with Crippen molar-refractivity contribution in [2.24, 2.45) is 14.1 Å². The average molecular weight is 348 g/mol. The molecule has 1 aliphatic rings. The molecule has 0 N–H and O–H groups in total. The molecule has 0 radical (unpaired) electrons. The van der Waals surface area contributed by atoms with E-state index in [2.05, 4.69) is 99.2 Å². The fourth-order valence-corrected chi connectivity index (χ4v) is 3.74. The topological polar surface area (TPSA) is 37.5 Å². The predicted octanol–water partition coefficient (Wildman–Crippen LogP) is 2.01. The van der Waals surface area contributed by atoms with Gasteiger partial charge in [0, 0.05) is 20.3 Å². The summed E-state index contributed by atoms with van der Waals surface area (Å²) >= 11 is 0. The maximum atomic E-state index is 4.77. The van der Waals surface area contributed by atoms with E-state index in [0.29, 0.717) is 6.17 Å². The van der Waals surface area contributed by atoms with Gasteiger partial charge in [0.2, 0.25) is 5.78 Å². The summed E-state index contributed by atoms with van der Waals surface area (Å²) in [5.41, 5.74) is 2.14. The number of fused-ring (bicyclic) bond motifs is 3. The van der Waals surface area contributed by atoms with Crippen LogP contribution in [0.3, 0.4) is 0 Å². The molecule has 0 amide bonds. The third-order valence-electron chi connectivity index (χ3n) is 5.44. The molecule has 0 spiro atoms. The maximum Gasteiger partial charge on any atom is 0.303 e. The maximum absolute atomic E-state index is 4.77. The van der Waals surface area contributed by atoms with Crippen molar-refractivity contribution in [3.63, 3.8) is 0 Å². The van der Waals surface area contributed by atoms with Gasteiger partial charge in [0.25, 0.3) is 0 Å². The Balaban J connectivity index is 1.65. The van der Waals surface area contributed by atoms with E-state index < -0.39 is 0 Å². The van der Waals surface area contributed by atoms with E-state index in [1.807, 2.05) is 12.1 Å². The minimum Gasteiger partial charge on any atom is -0.339 e. The molecular formula is C19H22N7+. The number of aryl methyl sites for hydroxylation is 1. The first-order chi connectivity index (χ1) is 12.6. The van der Waals surface area contributed by atoms with E-state index in [0.717, 1.165) is 28.4 Å². The zero-order chi connectivity index (χ0) is 18.0. The SMILES string of the molecule is C[C@H]1N(C)C=CN1c1ccn(-c2cn3c4ccccc4nc3n2C)[n+]1C. The summed E-state index contributed by atoms with van der Waals surface area (Å²) < 4.78 is 8.59. The molecule has 7 heteroatoms. The Hall–Kier alpha value is -3.22. The van der Waals surface area contributed by atoms with Crippen molar-refractivity contribution in [2.75, 3.05) is 11.9 Å². The Morgan fingerprint density at radius 2 is 1.88 bits per heavy atom. The number of anilines is 1. The molecule has 1 aliphatic heterocycles. The van der Waals surface area contributed by atoms with Crippen LogP contribution in [0.5, 0.6) is 0 Å². The van der Waals surface area contributed by atoms with Crippen molar-refractivity contribution >= 4 is 22.6 Å². The first-order valence-corrected chi connectivity index (χ1v) is 8.75. The summed E-state index contributed by atoms with van der Waals surface area (Å²) in [6.07, 6.45) is 8.77. The van der Waals surface area contributed by atoms with Gasteiger partial charge in [0.15, 0.2) is 12.0 Å². The number of nitrogens with zero attached hydrogens (tertiary/aromatic N) is 7. The molecule has 1 atom stereocenters. The van der Waals surface area contributed by atoms with Gasteiger partial charge in [-0.3, -0.25) is 8.97 Å². The lowest BCUT2D eigenvalue weighted by atomic mass is 10.3. The van der Waals surface area contributed by atoms with Crippen molar-refractivity contribution in [3.8, 4) is 5.82 Å². The number of rotatable bonds is 2. The van der Waals surface area contributed by atoms with Crippen LogP contribution in [0, 0.1) is 0 Å². The fraction of sp³-hybridized carbons (Fsp3) is 0.263. The van der Waals surface area contributed by atoms with Crippen LogP contribution in [0.2, 0.25) is 0 Å². The van der Waals surface area contributed by atoms with Crippen LogP contribution >= 0.6 is 0 Å². The first-order valence-electron chi connectivity index (χ1n) is 8.75. The molecule has 3 aromatic heterocycles. The summed E-state index contributed by atoms with van der Waals surface area (Å²) in [6, 6.07) is 10.4. The number of hydrogen-bond acceptors (Lipinski definition) is 3. The third-order valence-corrected chi connectivity index (χ3v) is 5.44. The molecule has 4 aromatic rings. The van der Waals surface area contributed by atoms with Gasteiger partial charge >= 0.3 is 5.82 Å². The van der Waals surface area contributed by atoms with Crippen LogP contribution < -0.4 is 9.58 Å². The summed E-state index contributed by atoms with van der Waals surface area (Å²) in [5, 5.41) is 0. The van der Waals surface area contributed by atoms with E-state index in [9.17, 15) is 0 Å². The first kappa shape index (κ1) is 15.1. The fourth-order valence-electron chi connectivity index (χ4n) is 3.74. The second-order valence-electron chi connectivity index (χ2n) is 6.86. The molecule has 5 rings (SSSR count). The number of imidazole rings is 2. The molecule has 0 unspecified atom stereocenters. The van der Waals surface area contributed by atoms with Gasteiger partial charge in [0.1, 0.15) is 13.2 Å². The summed E-state index contributed by atoms with van der Waals surface area (Å²) in [6.45, 7) is 2.19. The Bertz CT molecular complexity index is 1160. The Morgan fingerprint density at radius 1 is 1.08 bits per heavy atom. The van der Waals surface area contributed by atoms with Crippen molar-refractivity contribution < 1.29 is 4.68 Å². The Morgan fingerprint density at radius 3 is 2.65 bits per heavy atom. The molecule has 0 aliphatic carbocycles. The minimum absolute atomic E-state index is 0.298. The van der Waals surface area contributed by atoms with Gasteiger partial charge in [0.05, 0.1) is 29.5 Å².